The minimum absolute atomic E-state index is 0. The number of ether oxygens (including phenoxy) is 1. The van der Waals surface area contributed by atoms with E-state index in [4.69, 9.17) is 9.84 Å². The minimum atomic E-state index is -0.265. The van der Waals surface area contributed by atoms with Gasteiger partial charge in [-0.05, 0) is 74.0 Å². The van der Waals surface area contributed by atoms with Crippen molar-refractivity contribution < 1.29 is 9.13 Å². The van der Waals surface area contributed by atoms with Crippen LogP contribution in [0, 0.1) is 5.82 Å². The highest BCUT2D eigenvalue weighted by atomic mass is 35.5. The smallest absolute Gasteiger partial charge is 0.215 e. The maximum absolute atomic E-state index is 13.5. The van der Waals surface area contributed by atoms with Crippen LogP contribution >= 0.6 is 12.4 Å². The van der Waals surface area contributed by atoms with Gasteiger partial charge in [0.2, 0.25) is 5.88 Å². The second-order valence-electron chi connectivity index (χ2n) is 7.52. The Morgan fingerprint density at radius 3 is 2.39 bits per heavy atom. The summed E-state index contributed by atoms with van der Waals surface area (Å²) in [7, 11) is 0. The molecule has 1 aromatic carbocycles. The molecular formula is C24H24ClFN4O. The molecule has 1 saturated heterocycles. The molecule has 4 aromatic rings. The molecule has 5 rings (SSSR count). The van der Waals surface area contributed by atoms with Crippen LogP contribution in [-0.4, -0.2) is 45.7 Å². The minimum Gasteiger partial charge on any atom is -0.476 e. The number of benzene rings is 1. The molecule has 0 aliphatic carbocycles. The molecule has 0 saturated carbocycles. The highest BCUT2D eigenvalue weighted by Gasteiger charge is 2.19. The molecule has 5 nitrogen and oxygen atoms in total. The van der Waals surface area contributed by atoms with Crippen molar-refractivity contribution in [2.45, 2.75) is 12.8 Å². The predicted octanol–water partition coefficient (Wildman–Crippen LogP) is 5.10. The van der Waals surface area contributed by atoms with Gasteiger partial charge in [-0.2, -0.15) is 9.61 Å². The average Bonchev–Trinajstić information content (AvgIpc) is 3.43. The van der Waals surface area contributed by atoms with E-state index in [-0.39, 0.29) is 18.2 Å². The molecule has 4 heterocycles. The molecule has 160 valence electrons. The Morgan fingerprint density at radius 1 is 0.903 bits per heavy atom. The Labute approximate surface area is 186 Å². The Hall–Kier alpha value is -2.96. The lowest BCUT2D eigenvalue weighted by molar-refractivity contribution is 0.228. The predicted molar refractivity (Wildman–Crippen MR) is 122 cm³/mol. The summed E-state index contributed by atoms with van der Waals surface area (Å²) in [6.45, 7) is 3.83. The standard InChI is InChI=1S/C24H23FN4O.ClH/c25-20-8-6-19(7-9-20)24-23(18-10-12-26-13-11-18)21-4-3-5-22(29(21)27-24)30-17-16-28-14-1-2-15-28;/h3-13H,1-2,14-17H2;1H. The van der Waals surface area contributed by atoms with Gasteiger partial charge in [-0.3, -0.25) is 9.88 Å². The molecule has 0 bridgehead atoms. The lowest BCUT2D eigenvalue weighted by Crippen LogP contribution is -2.25. The van der Waals surface area contributed by atoms with Crippen LogP contribution in [0.4, 0.5) is 4.39 Å². The van der Waals surface area contributed by atoms with Gasteiger partial charge >= 0.3 is 0 Å². The summed E-state index contributed by atoms with van der Waals surface area (Å²) in [6, 6.07) is 16.3. The van der Waals surface area contributed by atoms with E-state index in [9.17, 15) is 4.39 Å². The van der Waals surface area contributed by atoms with Crippen LogP contribution in [0.1, 0.15) is 12.8 Å². The maximum Gasteiger partial charge on any atom is 0.215 e. The molecule has 0 spiro atoms. The van der Waals surface area contributed by atoms with Gasteiger partial charge in [0.25, 0.3) is 0 Å². The summed E-state index contributed by atoms with van der Waals surface area (Å²) in [5, 5.41) is 4.87. The summed E-state index contributed by atoms with van der Waals surface area (Å²) >= 11 is 0. The fourth-order valence-corrected chi connectivity index (χ4v) is 4.05. The van der Waals surface area contributed by atoms with E-state index in [0.29, 0.717) is 12.5 Å². The third-order valence-electron chi connectivity index (χ3n) is 5.57. The fraction of sp³-hybridized carbons (Fsp3) is 0.250. The number of hydrogen-bond donors (Lipinski definition) is 0. The second-order valence-corrected chi connectivity index (χ2v) is 7.52. The SMILES string of the molecule is Cl.Fc1ccc(-c2nn3c(OCCN4CCCC4)cccc3c2-c2ccncc2)cc1. The molecule has 1 aliphatic rings. The van der Waals surface area contributed by atoms with Gasteiger partial charge in [-0.1, -0.05) is 6.07 Å². The molecule has 1 aliphatic heterocycles. The summed E-state index contributed by atoms with van der Waals surface area (Å²) in [5.74, 6) is 0.439. The third-order valence-corrected chi connectivity index (χ3v) is 5.57. The molecule has 31 heavy (non-hydrogen) atoms. The van der Waals surface area contributed by atoms with E-state index in [1.54, 1.807) is 24.5 Å². The van der Waals surface area contributed by atoms with E-state index >= 15 is 0 Å². The summed E-state index contributed by atoms with van der Waals surface area (Å²) < 4.78 is 21.5. The van der Waals surface area contributed by atoms with Crippen molar-refractivity contribution in [2.24, 2.45) is 0 Å². The monoisotopic (exact) mass is 438 g/mol. The zero-order valence-corrected chi connectivity index (χ0v) is 17.9. The zero-order chi connectivity index (χ0) is 20.3. The molecule has 1 fully saturated rings. The van der Waals surface area contributed by atoms with Crippen molar-refractivity contribution in [3.63, 3.8) is 0 Å². The quantitative estimate of drug-likeness (QED) is 0.420. The first-order chi connectivity index (χ1) is 14.8. The van der Waals surface area contributed by atoms with Crippen LogP contribution in [0.15, 0.2) is 67.0 Å². The van der Waals surface area contributed by atoms with Crippen LogP contribution in [0.2, 0.25) is 0 Å². The molecule has 0 atom stereocenters. The molecule has 0 amide bonds. The number of rotatable bonds is 6. The average molecular weight is 439 g/mol. The van der Waals surface area contributed by atoms with Gasteiger partial charge in [0.15, 0.2) is 0 Å². The lowest BCUT2D eigenvalue weighted by Gasteiger charge is -2.15. The second kappa shape index (κ2) is 9.45. The van der Waals surface area contributed by atoms with Gasteiger partial charge in [-0.25, -0.2) is 4.39 Å². The van der Waals surface area contributed by atoms with Gasteiger partial charge in [0, 0.05) is 36.1 Å². The maximum atomic E-state index is 13.5. The molecule has 7 heteroatoms. The van der Waals surface area contributed by atoms with Crippen LogP contribution in [0.3, 0.4) is 0 Å². The van der Waals surface area contributed by atoms with Crippen molar-refractivity contribution >= 4 is 17.9 Å². The van der Waals surface area contributed by atoms with Gasteiger partial charge < -0.3 is 4.74 Å². The third kappa shape index (κ3) is 4.40. The van der Waals surface area contributed by atoms with Crippen LogP contribution in [0.25, 0.3) is 27.9 Å². The van der Waals surface area contributed by atoms with E-state index in [0.717, 1.165) is 47.5 Å². The molecule has 3 aromatic heterocycles. The van der Waals surface area contributed by atoms with Crippen LogP contribution in [0.5, 0.6) is 5.88 Å². The molecule has 0 radical (unpaired) electrons. The fourth-order valence-electron chi connectivity index (χ4n) is 4.05. The van der Waals surface area contributed by atoms with Crippen molar-refractivity contribution in [3.8, 4) is 28.3 Å². The zero-order valence-electron chi connectivity index (χ0n) is 17.1. The van der Waals surface area contributed by atoms with Crippen LogP contribution in [-0.2, 0) is 0 Å². The number of nitrogens with zero attached hydrogens (tertiary/aromatic N) is 4. The first-order valence-electron chi connectivity index (χ1n) is 10.3. The van der Waals surface area contributed by atoms with E-state index in [2.05, 4.69) is 9.88 Å². The number of aromatic nitrogens is 3. The van der Waals surface area contributed by atoms with Crippen molar-refractivity contribution in [2.75, 3.05) is 26.2 Å². The molecule has 0 N–H and O–H groups in total. The van der Waals surface area contributed by atoms with E-state index in [1.165, 1.54) is 25.0 Å². The Kier molecular flexibility index (Phi) is 6.49. The number of halogens is 2. The largest absolute Gasteiger partial charge is 0.476 e. The summed E-state index contributed by atoms with van der Waals surface area (Å²) in [4.78, 5) is 6.57. The van der Waals surface area contributed by atoms with Gasteiger partial charge in [0.05, 0.1) is 5.52 Å². The number of fused-ring (bicyclic) bond motifs is 1. The van der Waals surface area contributed by atoms with E-state index in [1.807, 2.05) is 34.8 Å². The molecular weight excluding hydrogens is 415 g/mol. The topological polar surface area (TPSA) is 42.7 Å². The Bertz CT molecular complexity index is 1140. The van der Waals surface area contributed by atoms with Crippen molar-refractivity contribution in [3.05, 3.63) is 72.8 Å². The molecule has 0 unspecified atom stereocenters. The first-order valence-corrected chi connectivity index (χ1v) is 10.3. The first kappa shape index (κ1) is 21.3. The number of hydrogen-bond acceptors (Lipinski definition) is 4. The highest BCUT2D eigenvalue weighted by Crippen LogP contribution is 2.36. The number of likely N-dealkylation sites (tertiary alicyclic amines) is 1. The number of pyridine rings is 2. The Morgan fingerprint density at radius 2 is 1.65 bits per heavy atom. The van der Waals surface area contributed by atoms with Crippen LogP contribution < -0.4 is 4.74 Å². The van der Waals surface area contributed by atoms with Crippen molar-refractivity contribution in [1.82, 2.24) is 19.5 Å². The van der Waals surface area contributed by atoms with Gasteiger partial charge in [0.1, 0.15) is 18.1 Å². The Balaban J connectivity index is 0.00000231. The van der Waals surface area contributed by atoms with E-state index < -0.39 is 0 Å². The lowest BCUT2D eigenvalue weighted by atomic mass is 10.0. The van der Waals surface area contributed by atoms with Gasteiger partial charge in [-0.15, -0.1) is 12.4 Å². The van der Waals surface area contributed by atoms with Crippen molar-refractivity contribution in [1.29, 1.82) is 0 Å². The summed E-state index contributed by atoms with van der Waals surface area (Å²) in [6.07, 6.45) is 6.07. The normalized spacial score (nSPS) is 14.0. The summed E-state index contributed by atoms with van der Waals surface area (Å²) in [5.41, 5.74) is 4.58. The highest BCUT2D eigenvalue weighted by molar-refractivity contribution is 5.92.